The molecule has 2 atom stereocenters. The van der Waals surface area contributed by atoms with E-state index in [-0.39, 0.29) is 36.5 Å². The number of likely N-dealkylation sites (tertiary alicyclic amines) is 1. The van der Waals surface area contributed by atoms with E-state index in [4.69, 9.17) is 4.74 Å². The molecule has 148 valence electrons. The van der Waals surface area contributed by atoms with E-state index in [9.17, 15) is 9.59 Å². The van der Waals surface area contributed by atoms with Gasteiger partial charge in [0, 0.05) is 38.9 Å². The van der Waals surface area contributed by atoms with Crippen LogP contribution in [0.5, 0.6) is 0 Å². The van der Waals surface area contributed by atoms with Crippen LogP contribution in [0.25, 0.3) is 0 Å². The smallest absolute Gasteiger partial charge is 0.267 e. The molecule has 0 aromatic carbocycles. The number of ether oxygens (including phenoxy) is 1. The van der Waals surface area contributed by atoms with Gasteiger partial charge in [0.15, 0.2) is 0 Å². The fourth-order valence-electron chi connectivity index (χ4n) is 3.37. The summed E-state index contributed by atoms with van der Waals surface area (Å²) in [6.07, 6.45) is 2.17. The largest absolute Gasteiger partial charge is 0.383 e. The molecule has 1 aromatic heterocycles. The minimum atomic E-state index is -0.239. The van der Waals surface area contributed by atoms with E-state index in [0.29, 0.717) is 12.5 Å². The number of hydrogen-bond donors (Lipinski definition) is 1. The van der Waals surface area contributed by atoms with E-state index in [0.717, 1.165) is 43.7 Å². The van der Waals surface area contributed by atoms with E-state index in [1.807, 2.05) is 13.8 Å². The van der Waals surface area contributed by atoms with Crippen LogP contribution in [0.1, 0.15) is 31.0 Å². The molecule has 0 aliphatic carbocycles. The zero-order valence-electron chi connectivity index (χ0n) is 16.2. The van der Waals surface area contributed by atoms with Crippen molar-refractivity contribution in [1.82, 2.24) is 20.0 Å². The van der Waals surface area contributed by atoms with Crippen molar-refractivity contribution in [1.29, 1.82) is 0 Å². The lowest BCUT2D eigenvalue weighted by atomic mass is 9.98. The molecule has 7 nitrogen and oxygen atoms in total. The van der Waals surface area contributed by atoms with Crippen LogP contribution >= 0.6 is 12.4 Å². The molecule has 0 saturated carbocycles. The van der Waals surface area contributed by atoms with Crippen LogP contribution in [0.2, 0.25) is 0 Å². The molecule has 0 unspecified atom stereocenters. The molecular weight excluding hydrogens is 356 g/mol. The van der Waals surface area contributed by atoms with Gasteiger partial charge in [0.25, 0.3) is 5.56 Å². The highest BCUT2D eigenvalue weighted by molar-refractivity contribution is 5.85. The minimum Gasteiger partial charge on any atom is -0.383 e. The summed E-state index contributed by atoms with van der Waals surface area (Å²) < 4.78 is 6.39. The van der Waals surface area contributed by atoms with Crippen LogP contribution in [0.15, 0.2) is 10.9 Å². The van der Waals surface area contributed by atoms with Gasteiger partial charge < -0.3 is 10.1 Å². The summed E-state index contributed by atoms with van der Waals surface area (Å²) in [6, 6.07) is 1.64. The molecule has 0 bridgehead atoms. The quantitative estimate of drug-likeness (QED) is 0.725. The predicted octanol–water partition coefficient (Wildman–Crippen LogP) is 1.15. The number of hydrogen-bond acceptors (Lipinski definition) is 5. The number of carbonyl (C=O) groups excluding carboxylic acids is 1. The summed E-state index contributed by atoms with van der Waals surface area (Å²) in [6.45, 7) is 9.19. The molecule has 0 spiro atoms. The third-order valence-electron chi connectivity index (χ3n) is 4.86. The van der Waals surface area contributed by atoms with Crippen molar-refractivity contribution in [2.24, 2.45) is 5.92 Å². The van der Waals surface area contributed by atoms with Crippen molar-refractivity contribution in [3.8, 4) is 0 Å². The maximum Gasteiger partial charge on any atom is 0.267 e. The maximum absolute atomic E-state index is 12.4. The van der Waals surface area contributed by atoms with E-state index in [2.05, 4.69) is 22.2 Å². The van der Waals surface area contributed by atoms with Gasteiger partial charge in [-0.2, -0.15) is 5.10 Å². The first-order valence-corrected chi connectivity index (χ1v) is 9.00. The Morgan fingerprint density at radius 2 is 2.12 bits per heavy atom. The number of nitrogens with one attached hydrogen (secondary N) is 1. The first kappa shape index (κ1) is 22.6. The van der Waals surface area contributed by atoms with E-state index in [1.54, 1.807) is 7.11 Å². The molecule has 26 heavy (non-hydrogen) atoms. The maximum atomic E-state index is 12.4. The summed E-state index contributed by atoms with van der Waals surface area (Å²) in [5.74, 6) is 0.285. The molecule has 1 aromatic rings. The Labute approximate surface area is 161 Å². The van der Waals surface area contributed by atoms with Crippen molar-refractivity contribution in [2.45, 2.75) is 46.2 Å². The van der Waals surface area contributed by atoms with Gasteiger partial charge in [-0.3, -0.25) is 14.5 Å². The second-order valence-corrected chi connectivity index (χ2v) is 6.88. The number of amides is 1. The standard InChI is InChI=1S/C18H30N4O3.ClH/c1-5-6-15-10-21(7-8-25-4)11-16(15)19-17(23)12-22-18(24)9-13(2)14(3)20-22;/h9,15-16H,5-8,10-12H2,1-4H3,(H,19,23);1H/t15-,16-;/m0./s1. The van der Waals surface area contributed by atoms with E-state index >= 15 is 0 Å². The molecule has 2 heterocycles. The van der Waals surface area contributed by atoms with Crippen LogP contribution in [-0.4, -0.2) is 60.0 Å². The summed E-state index contributed by atoms with van der Waals surface area (Å²) in [7, 11) is 1.70. The molecule has 8 heteroatoms. The molecule has 2 rings (SSSR count). The molecule has 0 radical (unpaired) electrons. The highest BCUT2D eigenvalue weighted by Crippen LogP contribution is 2.21. The second-order valence-electron chi connectivity index (χ2n) is 6.88. The average molecular weight is 387 g/mol. The van der Waals surface area contributed by atoms with Crippen LogP contribution in [0.3, 0.4) is 0 Å². The Hall–Kier alpha value is -1.44. The minimum absolute atomic E-state index is 0. The average Bonchev–Trinajstić information content (AvgIpc) is 2.92. The fraction of sp³-hybridized carbons (Fsp3) is 0.722. The van der Waals surface area contributed by atoms with Crippen LogP contribution in [0.4, 0.5) is 0 Å². The SMILES string of the molecule is CCC[C@H]1CN(CCOC)C[C@@H]1NC(=O)Cn1nc(C)c(C)cc1=O.Cl. The van der Waals surface area contributed by atoms with Crippen molar-refractivity contribution < 1.29 is 9.53 Å². The Balaban J connectivity index is 0.00000338. The van der Waals surface area contributed by atoms with Gasteiger partial charge in [-0.1, -0.05) is 13.3 Å². The van der Waals surface area contributed by atoms with E-state index < -0.39 is 0 Å². The van der Waals surface area contributed by atoms with Gasteiger partial charge in [0.2, 0.25) is 5.91 Å². The van der Waals surface area contributed by atoms with Crippen LogP contribution in [-0.2, 0) is 16.1 Å². The van der Waals surface area contributed by atoms with Crippen molar-refractivity contribution in [2.75, 3.05) is 33.4 Å². The predicted molar refractivity (Wildman–Crippen MR) is 104 cm³/mol. The number of halogens is 1. The van der Waals surface area contributed by atoms with Gasteiger partial charge >= 0.3 is 0 Å². The summed E-state index contributed by atoms with van der Waals surface area (Å²) in [5, 5.41) is 7.32. The summed E-state index contributed by atoms with van der Waals surface area (Å²) in [5.41, 5.74) is 1.37. The number of rotatable bonds is 8. The first-order chi connectivity index (χ1) is 11.9. The Morgan fingerprint density at radius 1 is 1.38 bits per heavy atom. The van der Waals surface area contributed by atoms with Gasteiger partial charge in [-0.05, 0) is 31.7 Å². The number of aromatic nitrogens is 2. The molecule has 1 fully saturated rings. The van der Waals surface area contributed by atoms with Gasteiger partial charge in [-0.25, -0.2) is 4.68 Å². The molecule has 1 saturated heterocycles. The molecule has 1 amide bonds. The van der Waals surface area contributed by atoms with Crippen LogP contribution in [0, 0.1) is 19.8 Å². The summed E-state index contributed by atoms with van der Waals surface area (Å²) >= 11 is 0. The lowest BCUT2D eigenvalue weighted by Crippen LogP contribution is -2.43. The lowest BCUT2D eigenvalue weighted by Gasteiger charge is -2.19. The van der Waals surface area contributed by atoms with Crippen LogP contribution < -0.4 is 10.9 Å². The van der Waals surface area contributed by atoms with E-state index in [1.165, 1.54) is 10.7 Å². The highest BCUT2D eigenvalue weighted by atomic mass is 35.5. The number of nitrogens with zero attached hydrogens (tertiary/aromatic N) is 3. The zero-order valence-corrected chi connectivity index (χ0v) is 17.0. The first-order valence-electron chi connectivity index (χ1n) is 9.00. The zero-order chi connectivity index (χ0) is 18.4. The third kappa shape index (κ3) is 6.07. The summed E-state index contributed by atoms with van der Waals surface area (Å²) in [4.78, 5) is 26.8. The van der Waals surface area contributed by atoms with Gasteiger partial charge in [0.1, 0.15) is 6.54 Å². The van der Waals surface area contributed by atoms with Gasteiger partial charge in [-0.15, -0.1) is 12.4 Å². The number of methoxy groups -OCH3 is 1. The van der Waals surface area contributed by atoms with Crippen molar-refractivity contribution >= 4 is 18.3 Å². The Kier molecular flexibility index (Phi) is 9.25. The number of carbonyl (C=O) groups is 1. The normalized spacial score (nSPS) is 20.0. The fourth-order valence-corrected chi connectivity index (χ4v) is 3.37. The highest BCUT2D eigenvalue weighted by Gasteiger charge is 2.32. The Bertz CT molecular complexity index is 650. The second kappa shape index (κ2) is 10.6. The van der Waals surface area contributed by atoms with Gasteiger partial charge in [0.05, 0.1) is 12.3 Å². The third-order valence-corrected chi connectivity index (χ3v) is 4.86. The molecule has 1 N–H and O–H groups in total. The molecular formula is C18H31ClN4O3. The topological polar surface area (TPSA) is 76.5 Å². The monoisotopic (exact) mass is 386 g/mol. The Morgan fingerprint density at radius 3 is 2.77 bits per heavy atom. The molecule has 1 aliphatic heterocycles. The lowest BCUT2D eigenvalue weighted by molar-refractivity contribution is -0.122. The van der Waals surface area contributed by atoms with Crippen molar-refractivity contribution in [3.63, 3.8) is 0 Å². The van der Waals surface area contributed by atoms with Crippen molar-refractivity contribution in [3.05, 3.63) is 27.7 Å². The molecule has 1 aliphatic rings. The number of aryl methyl sites for hydroxylation is 2.